The minimum atomic E-state index is -0.950. The summed E-state index contributed by atoms with van der Waals surface area (Å²) < 4.78 is 0. The van der Waals surface area contributed by atoms with Gasteiger partial charge in [-0.25, -0.2) is 4.79 Å². The Morgan fingerprint density at radius 2 is 1.83 bits per heavy atom. The first-order valence-electron chi connectivity index (χ1n) is 10.1. The number of rotatable bonds is 5. The Hall–Kier alpha value is -3.60. The molecule has 2 N–H and O–H groups in total. The number of nitrogens with zero attached hydrogens (tertiary/aromatic N) is 2. The number of carbonyl (C=O) groups is 1. The highest BCUT2D eigenvalue weighted by atomic mass is 16.4. The lowest BCUT2D eigenvalue weighted by atomic mass is 9.76. The Labute approximate surface area is 176 Å². The number of fused-ring (bicyclic) bond motifs is 2. The lowest BCUT2D eigenvalue weighted by Gasteiger charge is -2.29. The van der Waals surface area contributed by atoms with Gasteiger partial charge in [-0.15, -0.1) is 0 Å². The van der Waals surface area contributed by atoms with Gasteiger partial charge >= 0.3 is 5.97 Å². The van der Waals surface area contributed by atoms with E-state index in [0.29, 0.717) is 17.7 Å². The van der Waals surface area contributed by atoms with Crippen LogP contribution < -0.4 is 4.90 Å². The molecule has 0 aromatic heterocycles. The minimum absolute atomic E-state index is 0.273. The number of benzene rings is 2. The van der Waals surface area contributed by atoms with Gasteiger partial charge in [0.05, 0.1) is 5.56 Å². The number of hydrogen-bond acceptors (Lipinski definition) is 4. The van der Waals surface area contributed by atoms with E-state index in [2.05, 4.69) is 42.1 Å². The monoisotopic (exact) mass is 400 g/mol. The Kier molecular flexibility index (Phi) is 5.27. The number of anilines is 1. The van der Waals surface area contributed by atoms with E-state index in [1.54, 1.807) is 18.2 Å². The van der Waals surface area contributed by atoms with Crippen molar-refractivity contribution in [1.29, 1.82) is 0 Å². The maximum Gasteiger partial charge on any atom is 0.336 e. The average Bonchev–Trinajstić information content (AvgIpc) is 2.77. The largest absolute Gasteiger partial charge is 0.478 e. The summed E-state index contributed by atoms with van der Waals surface area (Å²) >= 11 is 0. The summed E-state index contributed by atoms with van der Waals surface area (Å²) in [6.45, 7) is 6.09. The third-order valence-corrected chi connectivity index (χ3v) is 5.77. The van der Waals surface area contributed by atoms with Crippen molar-refractivity contribution in [3.8, 4) is 0 Å². The molecule has 152 valence electrons. The van der Waals surface area contributed by atoms with Crippen molar-refractivity contribution in [3.05, 3.63) is 94.1 Å². The summed E-state index contributed by atoms with van der Waals surface area (Å²) in [5.41, 5.74) is 7.67. The molecule has 0 aliphatic heterocycles. The van der Waals surface area contributed by atoms with Gasteiger partial charge in [0.25, 0.3) is 0 Å². The predicted octanol–water partition coefficient (Wildman–Crippen LogP) is 4.92. The molecule has 2 aromatic carbocycles. The summed E-state index contributed by atoms with van der Waals surface area (Å²) in [4.78, 5) is 14.2. The first-order chi connectivity index (χ1) is 14.6. The van der Waals surface area contributed by atoms with Crippen LogP contribution in [0.15, 0.2) is 77.0 Å². The summed E-state index contributed by atoms with van der Waals surface area (Å²) in [6, 6.07) is 13.5. The fourth-order valence-corrected chi connectivity index (χ4v) is 4.32. The lowest BCUT2D eigenvalue weighted by molar-refractivity contribution is 0.0696. The molecule has 0 saturated carbocycles. The van der Waals surface area contributed by atoms with E-state index < -0.39 is 5.97 Å². The lowest BCUT2D eigenvalue weighted by Crippen LogP contribution is -2.22. The van der Waals surface area contributed by atoms with Crippen LogP contribution in [0, 0.1) is 0 Å². The van der Waals surface area contributed by atoms with Gasteiger partial charge in [-0.05, 0) is 84.0 Å². The van der Waals surface area contributed by atoms with E-state index in [-0.39, 0.29) is 5.56 Å². The zero-order chi connectivity index (χ0) is 21.3. The van der Waals surface area contributed by atoms with Gasteiger partial charge in [0, 0.05) is 18.8 Å². The molecular weight excluding hydrogens is 376 g/mol. The van der Waals surface area contributed by atoms with Crippen LogP contribution in [0.3, 0.4) is 0 Å². The van der Waals surface area contributed by atoms with Crippen LogP contribution in [0.4, 0.5) is 5.69 Å². The number of aromatic carboxylic acids is 1. The van der Waals surface area contributed by atoms with Crippen molar-refractivity contribution in [2.24, 2.45) is 5.16 Å². The second kappa shape index (κ2) is 8.03. The van der Waals surface area contributed by atoms with E-state index in [4.69, 9.17) is 0 Å². The maximum atomic E-state index is 11.9. The summed E-state index contributed by atoms with van der Waals surface area (Å²) in [6.07, 6.45) is 6.23. The zero-order valence-corrected chi connectivity index (χ0v) is 17.1. The molecule has 30 heavy (non-hydrogen) atoms. The molecular formula is C25H24N2O3. The van der Waals surface area contributed by atoms with Gasteiger partial charge in [0.1, 0.15) is 5.71 Å². The fourth-order valence-electron chi connectivity index (χ4n) is 4.32. The third kappa shape index (κ3) is 3.32. The normalized spacial score (nSPS) is 16.2. The summed E-state index contributed by atoms with van der Waals surface area (Å²) in [7, 11) is 0. The highest BCUT2D eigenvalue weighted by Gasteiger charge is 2.27. The third-order valence-electron chi connectivity index (χ3n) is 5.77. The molecule has 5 heteroatoms. The van der Waals surface area contributed by atoms with Gasteiger partial charge in [-0.2, -0.15) is 0 Å². The Morgan fingerprint density at radius 3 is 2.53 bits per heavy atom. The van der Waals surface area contributed by atoms with Crippen molar-refractivity contribution >= 4 is 22.9 Å². The van der Waals surface area contributed by atoms with Crippen molar-refractivity contribution < 1.29 is 15.1 Å². The molecule has 5 nitrogen and oxygen atoms in total. The highest BCUT2D eigenvalue weighted by Crippen LogP contribution is 2.42. The predicted molar refractivity (Wildman–Crippen MR) is 120 cm³/mol. The summed E-state index contributed by atoms with van der Waals surface area (Å²) in [5.74, 6) is -0.950. The molecule has 2 aromatic rings. The Morgan fingerprint density at radius 1 is 1.07 bits per heavy atom. The minimum Gasteiger partial charge on any atom is -0.478 e. The van der Waals surface area contributed by atoms with Gasteiger partial charge in [-0.3, -0.25) is 0 Å². The molecule has 0 fully saturated rings. The molecule has 0 radical (unpaired) electrons. The van der Waals surface area contributed by atoms with E-state index in [1.807, 2.05) is 24.3 Å². The molecule has 4 rings (SSSR count). The number of oxime groups is 1. The van der Waals surface area contributed by atoms with Crippen LogP contribution >= 0.6 is 0 Å². The quantitative estimate of drug-likeness (QED) is 0.552. The molecule has 0 unspecified atom stereocenters. The molecule has 0 amide bonds. The van der Waals surface area contributed by atoms with E-state index in [0.717, 1.165) is 46.6 Å². The second-order valence-corrected chi connectivity index (χ2v) is 7.36. The van der Waals surface area contributed by atoms with Crippen molar-refractivity contribution in [2.75, 3.05) is 18.0 Å². The highest BCUT2D eigenvalue weighted by molar-refractivity contribution is 6.09. The Balaban J connectivity index is 1.99. The molecule has 2 aliphatic carbocycles. The standard InChI is InChI=1S/C25H24N2O3/c1-3-27(4-2)19-10-12-21-17(15-19)13-16-14-18(26-30)9-11-20(16)24(21)22-7-5-6-8-23(22)25(28)29/h5-12,14-15,30H,3-4,13H2,1-2H3,(H,28,29). The maximum absolute atomic E-state index is 11.9. The average molecular weight is 400 g/mol. The van der Waals surface area contributed by atoms with E-state index >= 15 is 0 Å². The van der Waals surface area contributed by atoms with Crippen LogP contribution in [-0.4, -0.2) is 35.1 Å². The number of carboxylic acid groups (broad SMARTS) is 1. The molecule has 0 atom stereocenters. The van der Waals surface area contributed by atoms with Crippen molar-refractivity contribution in [2.45, 2.75) is 20.3 Å². The van der Waals surface area contributed by atoms with Crippen LogP contribution in [0.5, 0.6) is 0 Å². The van der Waals surface area contributed by atoms with E-state index in [1.165, 1.54) is 0 Å². The Bertz CT molecular complexity index is 1130. The topological polar surface area (TPSA) is 73.1 Å². The van der Waals surface area contributed by atoms with Crippen LogP contribution in [0.25, 0.3) is 5.57 Å². The first kappa shape index (κ1) is 19.7. The van der Waals surface area contributed by atoms with Crippen LogP contribution in [0.1, 0.15) is 40.9 Å². The SMILES string of the molecule is CCN(CC)c1ccc2c(c1)CC1=CC(=NO)C=CC1=C2c1ccccc1C(=O)O. The van der Waals surface area contributed by atoms with Crippen molar-refractivity contribution in [3.63, 3.8) is 0 Å². The fraction of sp³-hybridized carbons (Fsp3) is 0.200. The molecule has 0 saturated heterocycles. The van der Waals surface area contributed by atoms with Crippen LogP contribution in [0.2, 0.25) is 0 Å². The second-order valence-electron chi connectivity index (χ2n) is 7.36. The van der Waals surface area contributed by atoms with Crippen LogP contribution in [-0.2, 0) is 6.42 Å². The van der Waals surface area contributed by atoms with Gasteiger partial charge in [0.2, 0.25) is 0 Å². The molecule has 0 spiro atoms. The summed E-state index contributed by atoms with van der Waals surface area (Å²) in [5, 5.41) is 22.4. The van der Waals surface area contributed by atoms with Gasteiger partial charge in [0.15, 0.2) is 0 Å². The van der Waals surface area contributed by atoms with Gasteiger partial charge < -0.3 is 15.2 Å². The van der Waals surface area contributed by atoms with Gasteiger partial charge in [-0.1, -0.05) is 35.5 Å². The smallest absolute Gasteiger partial charge is 0.336 e. The molecule has 0 heterocycles. The zero-order valence-electron chi connectivity index (χ0n) is 17.1. The first-order valence-corrected chi connectivity index (χ1v) is 10.1. The number of carboxylic acids is 1. The molecule has 2 aliphatic rings. The molecule has 0 bridgehead atoms. The van der Waals surface area contributed by atoms with E-state index in [9.17, 15) is 15.1 Å². The number of hydrogen-bond donors (Lipinski definition) is 2. The van der Waals surface area contributed by atoms with Crippen molar-refractivity contribution in [1.82, 2.24) is 0 Å². The number of allylic oxidation sites excluding steroid dienone is 5.